The Labute approximate surface area is 120 Å². The first kappa shape index (κ1) is 14.7. The molecule has 1 aliphatic heterocycles. The summed E-state index contributed by atoms with van der Waals surface area (Å²) >= 11 is 0. The number of hydrogen-bond acceptors (Lipinski definition) is 3. The van der Waals surface area contributed by atoms with Gasteiger partial charge in [0.05, 0.1) is 18.4 Å². The van der Waals surface area contributed by atoms with Gasteiger partial charge in [0.15, 0.2) is 0 Å². The second kappa shape index (κ2) is 6.64. The minimum absolute atomic E-state index is 0.361. The number of hydrogen-bond donors (Lipinski definition) is 1. The number of benzene rings is 1. The maximum Gasteiger partial charge on any atom is 0.337 e. The molecule has 1 N–H and O–H groups in total. The van der Waals surface area contributed by atoms with Gasteiger partial charge in [0.1, 0.15) is 5.75 Å². The molecule has 1 saturated heterocycles. The highest BCUT2D eigenvalue weighted by Crippen LogP contribution is 2.31. The number of nitrogens with zero attached hydrogens (tertiary/aromatic N) is 1. The second-order valence-corrected chi connectivity index (χ2v) is 5.41. The van der Waals surface area contributed by atoms with E-state index in [2.05, 4.69) is 11.8 Å². The van der Waals surface area contributed by atoms with Crippen LogP contribution in [0, 0.1) is 5.92 Å². The first-order valence-electron chi connectivity index (χ1n) is 7.32. The molecule has 0 aromatic heterocycles. The van der Waals surface area contributed by atoms with Crippen molar-refractivity contribution in [1.29, 1.82) is 0 Å². The lowest BCUT2D eigenvalue weighted by Gasteiger charge is -2.34. The maximum atomic E-state index is 11.4. The first-order chi connectivity index (χ1) is 9.65. The summed E-state index contributed by atoms with van der Waals surface area (Å²) in [5, 5.41) is 9.33. The van der Waals surface area contributed by atoms with Gasteiger partial charge < -0.3 is 14.7 Å². The summed E-state index contributed by atoms with van der Waals surface area (Å²) in [7, 11) is 1.60. The molecular formula is C16H23NO3. The fourth-order valence-corrected chi connectivity index (χ4v) is 2.95. The topological polar surface area (TPSA) is 49.8 Å². The zero-order valence-electron chi connectivity index (χ0n) is 12.3. The fourth-order valence-electron chi connectivity index (χ4n) is 2.95. The smallest absolute Gasteiger partial charge is 0.337 e. The monoisotopic (exact) mass is 277 g/mol. The molecule has 0 atom stereocenters. The predicted octanol–water partition coefficient (Wildman–Crippen LogP) is 3.41. The highest BCUT2D eigenvalue weighted by atomic mass is 16.5. The van der Waals surface area contributed by atoms with Gasteiger partial charge in [0.2, 0.25) is 0 Å². The Kier molecular flexibility index (Phi) is 4.88. The van der Waals surface area contributed by atoms with E-state index in [0.29, 0.717) is 11.3 Å². The van der Waals surface area contributed by atoms with Gasteiger partial charge in [-0.2, -0.15) is 0 Å². The Hall–Kier alpha value is -1.71. The van der Waals surface area contributed by atoms with Crippen molar-refractivity contribution in [3.63, 3.8) is 0 Å². The first-order valence-corrected chi connectivity index (χ1v) is 7.32. The van der Waals surface area contributed by atoms with Crippen LogP contribution in [-0.2, 0) is 0 Å². The number of carboxylic acid groups (broad SMARTS) is 1. The number of ether oxygens (including phenoxy) is 1. The third-order valence-corrected chi connectivity index (χ3v) is 4.09. The average molecular weight is 277 g/mol. The van der Waals surface area contributed by atoms with E-state index in [9.17, 15) is 9.90 Å². The highest BCUT2D eigenvalue weighted by Gasteiger charge is 2.22. The Morgan fingerprint density at radius 3 is 2.65 bits per heavy atom. The summed E-state index contributed by atoms with van der Waals surface area (Å²) in [6.07, 6.45) is 4.79. The number of methoxy groups -OCH3 is 1. The summed E-state index contributed by atoms with van der Waals surface area (Å²) in [4.78, 5) is 13.5. The van der Waals surface area contributed by atoms with E-state index in [1.54, 1.807) is 19.2 Å². The molecule has 2 rings (SSSR count). The minimum Gasteiger partial charge on any atom is -0.497 e. The third-order valence-electron chi connectivity index (χ3n) is 4.09. The van der Waals surface area contributed by atoms with Crippen molar-refractivity contribution in [1.82, 2.24) is 0 Å². The highest BCUT2D eigenvalue weighted by molar-refractivity contribution is 5.94. The van der Waals surface area contributed by atoms with Crippen LogP contribution in [0.3, 0.4) is 0 Å². The SMILES string of the molecule is CCCC1CCN(c2cc(OC)ccc2C(=O)O)CC1. The normalized spacial score (nSPS) is 16.2. The van der Waals surface area contributed by atoms with Gasteiger partial charge in [-0.25, -0.2) is 4.79 Å². The molecule has 0 saturated carbocycles. The van der Waals surface area contributed by atoms with E-state index in [4.69, 9.17) is 4.74 Å². The van der Waals surface area contributed by atoms with E-state index in [1.165, 1.54) is 12.8 Å². The van der Waals surface area contributed by atoms with E-state index in [-0.39, 0.29) is 0 Å². The molecule has 0 bridgehead atoms. The van der Waals surface area contributed by atoms with Crippen LogP contribution >= 0.6 is 0 Å². The van der Waals surface area contributed by atoms with E-state index in [1.807, 2.05) is 6.07 Å². The molecule has 110 valence electrons. The maximum absolute atomic E-state index is 11.4. The van der Waals surface area contributed by atoms with Crippen molar-refractivity contribution in [2.75, 3.05) is 25.1 Å². The van der Waals surface area contributed by atoms with Gasteiger partial charge in [-0.15, -0.1) is 0 Å². The van der Waals surface area contributed by atoms with Crippen molar-refractivity contribution in [2.24, 2.45) is 5.92 Å². The molecule has 1 aliphatic rings. The Balaban J connectivity index is 2.17. The van der Waals surface area contributed by atoms with Crippen LogP contribution in [-0.4, -0.2) is 31.3 Å². The molecule has 0 amide bonds. The molecule has 1 aromatic rings. The fraction of sp³-hybridized carbons (Fsp3) is 0.562. The lowest BCUT2D eigenvalue weighted by atomic mass is 9.92. The van der Waals surface area contributed by atoms with Gasteiger partial charge in [0, 0.05) is 19.2 Å². The Morgan fingerprint density at radius 1 is 1.40 bits per heavy atom. The second-order valence-electron chi connectivity index (χ2n) is 5.41. The van der Waals surface area contributed by atoms with E-state index >= 15 is 0 Å². The van der Waals surface area contributed by atoms with Crippen LogP contribution < -0.4 is 9.64 Å². The number of carbonyl (C=O) groups is 1. The van der Waals surface area contributed by atoms with Crippen molar-refractivity contribution in [2.45, 2.75) is 32.6 Å². The van der Waals surface area contributed by atoms with Crippen LogP contribution in [0.5, 0.6) is 5.75 Å². The summed E-state index contributed by atoms with van der Waals surface area (Å²) in [5.74, 6) is 0.620. The van der Waals surface area contributed by atoms with Crippen molar-refractivity contribution in [3.05, 3.63) is 23.8 Å². The lowest BCUT2D eigenvalue weighted by molar-refractivity contribution is 0.0697. The molecule has 1 heterocycles. The van der Waals surface area contributed by atoms with Crippen LogP contribution in [0.4, 0.5) is 5.69 Å². The zero-order chi connectivity index (χ0) is 14.5. The number of rotatable bonds is 5. The molecule has 1 aromatic carbocycles. The summed E-state index contributed by atoms with van der Waals surface area (Å²) < 4.78 is 5.22. The summed E-state index contributed by atoms with van der Waals surface area (Å²) in [6, 6.07) is 5.18. The number of piperidine rings is 1. The quantitative estimate of drug-likeness (QED) is 0.896. The van der Waals surface area contributed by atoms with Crippen LogP contribution in [0.1, 0.15) is 43.0 Å². The lowest BCUT2D eigenvalue weighted by Crippen LogP contribution is -2.34. The van der Waals surface area contributed by atoms with Crippen LogP contribution in [0.15, 0.2) is 18.2 Å². The van der Waals surface area contributed by atoms with Crippen molar-refractivity contribution in [3.8, 4) is 5.75 Å². The van der Waals surface area contributed by atoms with Gasteiger partial charge in [-0.05, 0) is 30.9 Å². The van der Waals surface area contributed by atoms with Gasteiger partial charge in [-0.3, -0.25) is 0 Å². The van der Waals surface area contributed by atoms with Gasteiger partial charge in [0.25, 0.3) is 0 Å². The van der Waals surface area contributed by atoms with Gasteiger partial charge in [-0.1, -0.05) is 19.8 Å². The number of aromatic carboxylic acids is 1. The summed E-state index contributed by atoms with van der Waals surface area (Å²) in [6.45, 7) is 4.08. The van der Waals surface area contributed by atoms with Crippen LogP contribution in [0.25, 0.3) is 0 Å². The molecule has 4 nitrogen and oxygen atoms in total. The largest absolute Gasteiger partial charge is 0.497 e. The van der Waals surface area contributed by atoms with Crippen LogP contribution in [0.2, 0.25) is 0 Å². The third kappa shape index (κ3) is 3.24. The molecular weight excluding hydrogens is 254 g/mol. The van der Waals surface area contributed by atoms with E-state index in [0.717, 1.165) is 37.5 Å². The molecule has 1 fully saturated rings. The van der Waals surface area contributed by atoms with Crippen molar-refractivity contribution < 1.29 is 14.6 Å². The zero-order valence-corrected chi connectivity index (χ0v) is 12.3. The minimum atomic E-state index is -0.877. The Morgan fingerprint density at radius 2 is 2.10 bits per heavy atom. The molecule has 0 unspecified atom stereocenters. The molecule has 4 heteroatoms. The standard InChI is InChI=1S/C16H23NO3/c1-3-4-12-7-9-17(10-8-12)15-11-13(20-2)5-6-14(15)16(18)19/h5-6,11-12H,3-4,7-10H2,1-2H3,(H,18,19). The summed E-state index contributed by atoms with van der Waals surface area (Å²) in [5.41, 5.74) is 1.14. The van der Waals surface area contributed by atoms with Gasteiger partial charge >= 0.3 is 5.97 Å². The number of anilines is 1. The number of carboxylic acids is 1. The molecule has 0 spiro atoms. The molecule has 20 heavy (non-hydrogen) atoms. The predicted molar refractivity (Wildman–Crippen MR) is 79.8 cm³/mol. The molecule has 0 aliphatic carbocycles. The molecule has 0 radical (unpaired) electrons. The Bertz CT molecular complexity index is 465. The van der Waals surface area contributed by atoms with E-state index < -0.39 is 5.97 Å². The average Bonchev–Trinajstić information content (AvgIpc) is 2.47. The van der Waals surface area contributed by atoms with Crippen molar-refractivity contribution >= 4 is 11.7 Å².